The number of benzene rings is 1. The van der Waals surface area contributed by atoms with Crippen LogP contribution in [0.5, 0.6) is 0 Å². The van der Waals surface area contributed by atoms with E-state index < -0.39 is 0 Å². The lowest BCUT2D eigenvalue weighted by Gasteiger charge is -2.35. The molecular weight excluding hydrogens is 187 g/mol. The lowest BCUT2D eigenvalue weighted by molar-refractivity contribution is 0.321. The maximum atomic E-state index is 2.88. The van der Waals surface area contributed by atoms with E-state index in [1.54, 1.807) is 5.56 Å². The van der Waals surface area contributed by atoms with Crippen LogP contribution >= 0.6 is 9.24 Å². The van der Waals surface area contributed by atoms with Crippen LogP contribution in [0.2, 0.25) is 0 Å². The van der Waals surface area contributed by atoms with Crippen molar-refractivity contribution in [1.82, 2.24) is 0 Å². The quantitative estimate of drug-likeness (QED) is 0.618. The van der Waals surface area contributed by atoms with Crippen molar-refractivity contribution in [2.24, 2.45) is 0 Å². The zero-order valence-corrected chi connectivity index (χ0v) is 10.1. The fourth-order valence-corrected chi connectivity index (χ4v) is 3.20. The van der Waals surface area contributed by atoms with Crippen molar-refractivity contribution in [2.75, 3.05) is 0 Å². The summed E-state index contributed by atoms with van der Waals surface area (Å²) in [6.07, 6.45) is 6.94. The van der Waals surface area contributed by atoms with E-state index in [0.29, 0.717) is 5.41 Å². The number of hydrogen-bond donors (Lipinski definition) is 0. The van der Waals surface area contributed by atoms with Crippen LogP contribution in [0.1, 0.15) is 44.6 Å². The molecule has 0 spiro atoms. The molecule has 0 aliphatic heterocycles. The Morgan fingerprint density at radius 1 is 1.07 bits per heavy atom. The first-order chi connectivity index (χ1) is 6.72. The van der Waals surface area contributed by atoms with Crippen LogP contribution in [0.4, 0.5) is 0 Å². The molecule has 1 fully saturated rings. The molecule has 0 bridgehead atoms. The second-order valence-corrected chi connectivity index (χ2v) is 5.33. The molecule has 1 atom stereocenters. The van der Waals surface area contributed by atoms with Crippen molar-refractivity contribution in [3.05, 3.63) is 29.8 Å². The van der Waals surface area contributed by atoms with Gasteiger partial charge >= 0.3 is 0 Å². The van der Waals surface area contributed by atoms with E-state index in [9.17, 15) is 0 Å². The van der Waals surface area contributed by atoms with Gasteiger partial charge in [0.2, 0.25) is 0 Å². The van der Waals surface area contributed by atoms with Crippen LogP contribution in [-0.2, 0) is 5.41 Å². The molecule has 2 rings (SSSR count). The summed E-state index contributed by atoms with van der Waals surface area (Å²) in [7, 11) is 2.88. The van der Waals surface area contributed by atoms with Gasteiger partial charge in [-0.25, -0.2) is 0 Å². The Hall–Kier alpha value is -0.350. The summed E-state index contributed by atoms with van der Waals surface area (Å²) in [6, 6.07) is 8.80. The second-order valence-electron chi connectivity index (χ2n) is 4.71. The molecule has 0 N–H and O–H groups in total. The first-order valence-corrected chi connectivity index (χ1v) is 6.15. The molecule has 0 nitrogen and oxygen atoms in total. The van der Waals surface area contributed by atoms with Crippen molar-refractivity contribution in [3.63, 3.8) is 0 Å². The molecule has 0 heterocycles. The second kappa shape index (κ2) is 4.03. The topological polar surface area (TPSA) is 0 Å². The van der Waals surface area contributed by atoms with Crippen LogP contribution in [0.15, 0.2) is 24.3 Å². The van der Waals surface area contributed by atoms with Gasteiger partial charge in [0, 0.05) is 0 Å². The predicted octanol–water partition coefficient (Wildman–Crippen LogP) is 3.41. The van der Waals surface area contributed by atoms with Crippen molar-refractivity contribution in [1.29, 1.82) is 0 Å². The summed E-state index contributed by atoms with van der Waals surface area (Å²) < 4.78 is 0. The van der Waals surface area contributed by atoms with Crippen molar-refractivity contribution < 1.29 is 0 Å². The van der Waals surface area contributed by atoms with Gasteiger partial charge in [-0.15, -0.1) is 9.24 Å². The normalized spacial score (nSPS) is 20.7. The third-order valence-corrected chi connectivity index (χ3v) is 4.07. The summed E-state index contributed by atoms with van der Waals surface area (Å²) in [5, 5.41) is 1.39. The fraction of sp³-hybridized carbons (Fsp3) is 0.538. The Morgan fingerprint density at radius 3 is 2.36 bits per heavy atom. The molecular formula is C13H19P. The Balaban J connectivity index is 2.32. The Bertz CT molecular complexity index is 311. The first-order valence-electron chi connectivity index (χ1n) is 5.57. The average Bonchev–Trinajstić information content (AvgIpc) is 2.19. The lowest BCUT2D eigenvalue weighted by atomic mass is 9.71. The lowest BCUT2D eigenvalue weighted by Crippen LogP contribution is -2.28. The molecule has 0 radical (unpaired) electrons. The third kappa shape index (κ3) is 1.86. The van der Waals surface area contributed by atoms with E-state index in [4.69, 9.17) is 0 Å². The maximum Gasteiger partial charge on any atom is -0.00691 e. The molecule has 1 heteroatoms. The van der Waals surface area contributed by atoms with E-state index >= 15 is 0 Å². The summed E-state index contributed by atoms with van der Waals surface area (Å²) in [5.74, 6) is 0. The summed E-state index contributed by atoms with van der Waals surface area (Å²) in [5.41, 5.74) is 1.99. The molecule has 1 aromatic carbocycles. The molecule has 0 aromatic heterocycles. The molecule has 1 aliphatic rings. The van der Waals surface area contributed by atoms with E-state index in [1.165, 1.54) is 37.4 Å². The van der Waals surface area contributed by atoms with Gasteiger partial charge < -0.3 is 0 Å². The zero-order valence-electron chi connectivity index (χ0n) is 8.92. The Kier molecular flexibility index (Phi) is 2.93. The van der Waals surface area contributed by atoms with Crippen LogP contribution in [-0.4, -0.2) is 0 Å². The molecule has 0 amide bonds. The van der Waals surface area contributed by atoms with Crippen molar-refractivity contribution in [2.45, 2.75) is 44.4 Å². The first kappa shape index (κ1) is 10.2. The van der Waals surface area contributed by atoms with Gasteiger partial charge in [0.25, 0.3) is 0 Å². The molecule has 1 aliphatic carbocycles. The minimum Gasteiger partial charge on any atom is -0.105 e. The minimum atomic E-state index is 0.441. The van der Waals surface area contributed by atoms with E-state index in [0.717, 1.165) is 0 Å². The van der Waals surface area contributed by atoms with Crippen molar-refractivity contribution in [3.8, 4) is 0 Å². The minimum absolute atomic E-state index is 0.441. The molecule has 1 aromatic rings. The third-order valence-electron chi connectivity index (χ3n) is 3.57. The highest BCUT2D eigenvalue weighted by molar-refractivity contribution is 7.27. The van der Waals surface area contributed by atoms with Gasteiger partial charge in [-0.05, 0) is 29.1 Å². The summed E-state index contributed by atoms with van der Waals surface area (Å²) >= 11 is 0. The highest BCUT2D eigenvalue weighted by atomic mass is 31.0. The van der Waals surface area contributed by atoms with Crippen molar-refractivity contribution >= 4 is 14.5 Å². The number of hydrogen-bond acceptors (Lipinski definition) is 0. The van der Waals surface area contributed by atoms with E-state index in [-0.39, 0.29) is 0 Å². The Morgan fingerprint density at radius 2 is 1.71 bits per heavy atom. The molecule has 0 saturated heterocycles. The van der Waals surface area contributed by atoms with Crippen LogP contribution in [0.25, 0.3) is 0 Å². The molecule has 76 valence electrons. The number of rotatable bonds is 1. The summed E-state index contributed by atoms with van der Waals surface area (Å²) in [4.78, 5) is 0. The van der Waals surface area contributed by atoms with Gasteiger partial charge in [0.1, 0.15) is 0 Å². The van der Waals surface area contributed by atoms with Crippen LogP contribution in [0, 0.1) is 0 Å². The Labute approximate surface area is 89.3 Å². The average molecular weight is 206 g/mol. The zero-order chi connectivity index (χ0) is 10.0. The fourth-order valence-electron chi connectivity index (χ4n) is 2.65. The standard InChI is InChI=1S/C13H19P/c1-13(9-5-2-6-10-13)11-7-3-4-8-12(11)14/h3-4,7-8H,2,5-6,9-10,14H2,1H3. The van der Waals surface area contributed by atoms with Gasteiger partial charge in [0.15, 0.2) is 0 Å². The van der Waals surface area contributed by atoms with E-state index in [2.05, 4.69) is 40.4 Å². The van der Waals surface area contributed by atoms with Crippen LogP contribution in [0.3, 0.4) is 0 Å². The molecule has 1 unspecified atom stereocenters. The highest BCUT2D eigenvalue weighted by Gasteiger charge is 2.29. The van der Waals surface area contributed by atoms with Gasteiger partial charge in [0.05, 0.1) is 0 Å². The highest BCUT2D eigenvalue weighted by Crippen LogP contribution is 2.38. The van der Waals surface area contributed by atoms with Gasteiger partial charge in [-0.3, -0.25) is 0 Å². The molecule has 14 heavy (non-hydrogen) atoms. The predicted molar refractivity (Wildman–Crippen MR) is 66.2 cm³/mol. The monoisotopic (exact) mass is 206 g/mol. The van der Waals surface area contributed by atoms with Gasteiger partial charge in [-0.2, -0.15) is 0 Å². The maximum absolute atomic E-state index is 2.88. The molecule has 1 saturated carbocycles. The largest absolute Gasteiger partial charge is 0.105 e. The van der Waals surface area contributed by atoms with E-state index in [1.807, 2.05) is 0 Å². The smallest absolute Gasteiger partial charge is 0.00691 e. The SMILES string of the molecule is CC1(c2ccccc2P)CCCCC1. The van der Waals surface area contributed by atoms with Crippen LogP contribution < -0.4 is 5.30 Å². The summed E-state index contributed by atoms with van der Waals surface area (Å²) in [6.45, 7) is 2.43. The van der Waals surface area contributed by atoms with Gasteiger partial charge in [-0.1, -0.05) is 50.5 Å².